The molecule has 0 aliphatic rings. The van der Waals surface area contributed by atoms with Crippen molar-refractivity contribution in [1.82, 2.24) is 0 Å². The largest absolute Gasteiger partial charge is 0.463 e. The number of carbonyl (C=O) groups excluding carboxylic acids is 1. The van der Waals surface area contributed by atoms with E-state index in [0.717, 1.165) is 18.2 Å². The van der Waals surface area contributed by atoms with E-state index in [0.29, 0.717) is 12.5 Å². The Labute approximate surface area is 101 Å². The van der Waals surface area contributed by atoms with Crippen LogP contribution in [-0.2, 0) is 9.53 Å². The third-order valence-corrected chi connectivity index (χ3v) is 2.70. The molecular formula is C12H19BrO2. The average Bonchev–Trinajstić information content (AvgIpc) is 2.18. The van der Waals surface area contributed by atoms with Gasteiger partial charge in [-0.05, 0) is 25.7 Å². The first-order valence-corrected chi connectivity index (χ1v) is 6.28. The van der Waals surface area contributed by atoms with E-state index in [-0.39, 0.29) is 5.97 Å². The molecule has 0 unspecified atom stereocenters. The van der Waals surface area contributed by atoms with Gasteiger partial charge < -0.3 is 4.74 Å². The molecule has 0 radical (unpaired) electrons. The molecular weight excluding hydrogens is 256 g/mol. The molecule has 0 aromatic heterocycles. The minimum atomic E-state index is -0.260. The summed E-state index contributed by atoms with van der Waals surface area (Å²) in [6.45, 7) is 8.30. The van der Waals surface area contributed by atoms with Gasteiger partial charge in [0, 0.05) is 11.4 Å². The lowest BCUT2D eigenvalue weighted by molar-refractivity contribution is -0.137. The second kappa shape index (κ2) is 8.72. The van der Waals surface area contributed by atoms with Crippen LogP contribution in [0.25, 0.3) is 0 Å². The lowest BCUT2D eigenvalue weighted by atomic mass is 10.00. The minimum absolute atomic E-state index is 0.260. The number of carbonyl (C=O) groups is 1. The summed E-state index contributed by atoms with van der Waals surface area (Å²) < 4.78 is 4.78. The molecule has 0 rings (SSSR count). The number of ether oxygens (including phenoxy) is 1. The Morgan fingerprint density at radius 2 is 2.27 bits per heavy atom. The van der Waals surface area contributed by atoms with Gasteiger partial charge in [0.15, 0.2) is 0 Å². The Hall–Kier alpha value is -0.570. The SMILES string of the molecule is C=C(CBr)C[C@@H](C)C/C=C/C(=O)OCC. The predicted octanol–water partition coefficient (Wildman–Crippen LogP) is 3.47. The topological polar surface area (TPSA) is 26.3 Å². The Bertz CT molecular complexity index is 234. The van der Waals surface area contributed by atoms with E-state index in [1.165, 1.54) is 11.6 Å². The van der Waals surface area contributed by atoms with E-state index < -0.39 is 0 Å². The first-order valence-electron chi connectivity index (χ1n) is 5.16. The van der Waals surface area contributed by atoms with Gasteiger partial charge in [0.2, 0.25) is 0 Å². The van der Waals surface area contributed by atoms with Crippen LogP contribution in [0.5, 0.6) is 0 Å². The molecule has 2 nitrogen and oxygen atoms in total. The van der Waals surface area contributed by atoms with Gasteiger partial charge in [0.1, 0.15) is 0 Å². The smallest absolute Gasteiger partial charge is 0.330 e. The molecule has 86 valence electrons. The highest BCUT2D eigenvalue weighted by molar-refractivity contribution is 9.09. The zero-order valence-corrected chi connectivity index (χ0v) is 11.0. The van der Waals surface area contributed by atoms with Crippen LogP contribution in [0, 0.1) is 5.92 Å². The molecule has 0 saturated heterocycles. The zero-order valence-electron chi connectivity index (χ0n) is 9.46. The number of alkyl halides is 1. The molecule has 0 N–H and O–H groups in total. The highest BCUT2D eigenvalue weighted by atomic mass is 79.9. The second-order valence-electron chi connectivity index (χ2n) is 3.58. The molecule has 0 aromatic carbocycles. The van der Waals surface area contributed by atoms with E-state index in [1.54, 1.807) is 6.92 Å². The first kappa shape index (κ1) is 14.4. The van der Waals surface area contributed by atoms with E-state index in [4.69, 9.17) is 4.74 Å². The summed E-state index contributed by atoms with van der Waals surface area (Å²) in [4.78, 5) is 11.0. The molecule has 0 spiro atoms. The van der Waals surface area contributed by atoms with E-state index in [9.17, 15) is 4.79 Å². The monoisotopic (exact) mass is 274 g/mol. The van der Waals surface area contributed by atoms with E-state index >= 15 is 0 Å². The highest BCUT2D eigenvalue weighted by Crippen LogP contribution is 2.15. The van der Waals surface area contributed by atoms with E-state index in [2.05, 4.69) is 29.4 Å². The fourth-order valence-electron chi connectivity index (χ4n) is 1.22. The maximum Gasteiger partial charge on any atom is 0.330 e. The van der Waals surface area contributed by atoms with Crippen LogP contribution >= 0.6 is 15.9 Å². The third kappa shape index (κ3) is 8.43. The molecule has 0 fully saturated rings. The van der Waals surface area contributed by atoms with Crippen molar-refractivity contribution in [2.75, 3.05) is 11.9 Å². The van der Waals surface area contributed by atoms with Gasteiger partial charge in [-0.2, -0.15) is 0 Å². The molecule has 0 bridgehead atoms. The number of hydrogen-bond donors (Lipinski definition) is 0. The number of halogens is 1. The molecule has 3 heteroatoms. The van der Waals surface area contributed by atoms with Crippen molar-refractivity contribution in [2.45, 2.75) is 26.7 Å². The van der Waals surface area contributed by atoms with Gasteiger partial charge in [0.25, 0.3) is 0 Å². The average molecular weight is 275 g/mol. The fourth-order valence-corrected chi connectivity index (χ4v) is 1.45. The maximum atomic E-state index is 11.0. The summed E-state index contributed by atoms with van der Waals surface area (Å²) in [5, 5.41) is 0.846. The lowest BCUT2D eigenvalue weighted by Crippen LogP contribution is -2.00. The third-order valence-electron chi connectivity index (χ3n) is 1.91. The molecule has 0 heterocycles. The Balaban J connectivity index is 3.74. The van der Waals surface area contributed by atoms with Crippen molar-refractivity contribution in [3.8, 4) is 0 Å². The Morgan fingerprint density at radius 1 is 1.60 bits per heavy atom. The predicted molar refractivity (Wildman–Crippen MR) is 67.1 cm³/mol. The van der Waals surface area contributed by atoms with Crippen LogP contribution in [0.15, 0.2) is 24.3 Å². The highest BCUT2D eigenvalue weighted by Gasteiger charge is 2.02. The number of esters is 1. The molecule has 15 heavy (non-hydrogen) atoms. The number of hydrogen-bond acceptors (Lipinski definition) is 2. The summed E-state index contributed by atoms with van der Waals surface area (Å²) in [6, 6.07) is 0. The normalized spacial score (nSPS) is 12.7. The van der Waals surface area contributed by atoms with Crippen LogP contribution in [0.4, 0.5) is 0 Å². The molecule has 0 saturated carbocycles. The Morgan fingerprint density at radius 3 is 2.80 bits per heavy atom. The molecule has 1 atom stereocenters. The van der Waals surface area contributed by atoms with Crippen molar-refractivity contribution < 1.29 is 9.53 Å². The van der Waals surface area contributed by atoms with Crippen LogP contribution in [0.3, 0.4) is 0 Å². The van der Waals surface area contributed by atoms with Crippen LogP contribution in [0.2, 0.25) is 0 Å². The van der Waals surface area contributed by atoms with E-state index in [1.807, 2.05) is 6.08 Å². The van der Waals surface area contributed by atoms with Crippen LogP contribution in [-0.4, -0.2) is 17.9 Å². The van der Waals surface area contributed by atoms with Gasteiger partial charge in [-0.1, -0.05) is 41.1 Å². The molecule has 0 aliphatic carbocycles. The number of allylic oxidation sites excluding steroid dienone is 2. The van der Waals surface area contributed by atoms with Crippen LogP contribution < -0.4 is 0 Å². The van der Waals surface area contributed by atoms with Crippen molar-refractivity contribution in [2.24, 2.45) is 5.92 Å². The summed E-state index contributed by atoms with van der Waals surface area (Å²) >= 11 is 3.36. The first-order chi connectivity index (χ1) is 7.10. The molecule has 0 aliphatic heterocycles. The standard InChI is InChI=1S/C12H19BrO2/c1-4-15-12(14)7-5-6-10(2)8-11(3)9-13/h5,7,10H,3-4,6,8-9H2,1-2H3/b7-5+/t10-/m0/s1. The number of rotatable bonds is 7. The fraction of sp³-hybridized carbons (Fsp3) is 0.583. The summed E-state index contributed by atoms with van der Waals surface area (Å²) in [5.74, 6) is 0.254. The van der Waals surface area contributed by atoms with Gasteiger partial charge >= 0.3 is 5.97 Å². The zero-order chi connectivity index (χ0) is 11.7. The van der Waals surface area contributed by atoms with Crippen molar-refractivity contribution in [1.29, 1.82) is 0 Å². The summed E-state index contributed by atoms with van der Waals surface area (Å²) in [6.07, 6.45) is 5.23. The van der Waals surface area contributed by atoms with Gasteiger partial charge in [-0.15, -0.1) is 0 Å². The van der Waals surface area contributed by atoms with Gasteiger partial charge in [-0.3, -0.25) is 0 Å². The summed E-state index contributed by atoms with van der Waals surface area (Å²) in [5.41, 5.74) is 1.19. The molecule has 0 aromatic rings. The van der Waals surface area contributed by atoms with Crippen molar-refractivity contribution in [3.05, 3.63) is 24.3 Å². The van der Waals surface area contributed by atoms with Crippen molar-refractivity contribution in [3.63, 3.8) is 0 Å². The minimum Gasteiger partial charge on any atom is -0.463 e. The van der Waals surface area contributed by atoms with Crippen molar-refractivity contribution >= 4 is 21.9 Å². The van der Waals surface area contributed by atoms with Gasteiger partial charge in [-0.25, -0.2) is 4.79 Å². The second-order valence-corrected chi connectivity index (χ2v) is 4.14. The quantitative estimate of drug-likeness (QED) is 0.308. The maximum absolute atomic E-state index is 11.0. The summed E-state index contributed by atoms with van der Waals surface area (Å²) in [7, 11) is 0. The van der Waals surface area contributed by atoms with Crippen LogP contribution in [0.1, 0.15) is 26.7 Å². The van der Waals surface area contributed by atoms with Gasteiger partial charge in [0.05, 0.1) is 6.61 Å². The Kier molecular flexibility index (Phi) is 8.38. The molecule has 0 amide bonds. The lowest BCUT2D eigenvalue weighted by Gasteiger charge is -2.08.